The van der Waals surface area contributed by atoms with Gasteiger partial charge in [0, 0.05) is 30.6 Å². The molecule has 1 aliphatic rings. The van der Waals surface area contributed by atoms with E-state index in [9.17, 15) is 4.79 Å². The third-order valence-electron chi connectivity index (χ3n) is 3.61. The highest BCUT2D eigenvalue weighted by Gasteiger charge is 2.36. The van der Waals surface area contributed by atoms with Crippen molar-refractivity contribution in [3.05, 3.63) is 24.3 Å². The van der Waals surface area contributed by atoms with Crippen LogP contribution in [0.4, 0.5) is 5.69 Å². The fourth-order valence-corrected chi connectivity index (χ4v) is 2.56. The Bertz CT molecular complexity index is 416. The van der Waals surface area contributed by atoms with Gasteiger partial charge < -0.3 is 15.0 Å². The summed E-state index contributed by atoms with van der Waals surface area (Å²) in [6.07, 6.45) is 0.619. The Morgan fingerprint density at radius 2 is 2.06 bits per heavy atom. The summed E-state index contributed by atoms with van der Waals surface area (Å²) >= 11 is 0. The molecule has 0 aromatic heterocycles. The van der Waals surface area contributed by atoms with Gasteiger partial charge in [-0.05, 0) is 38.2 Å². The van der Waals surface area contributed by atoms with Crippen molar-refractivity contribution >= 4 is 11.6 Å². The minimum atomic E-state index is 0.202. The van der Waals surface area contributed by atoms with E-state index in [2.05, 4.69) is 12.2 Å². The van der Waals surface area contributed by atoms with Gasteiger partial charge in [0.2, 0.25) is 5.91 Å². The fourth-order valence-electron chi connectivity index (χ4n) is 2.56. The summed E-state index contributed by atoms with van der Waals surface area (Å²) in [5.74, 6) is 1.39. The molecular formula is C14H20N2O2. The smallest absolute Gasteiger partial charge is 0.227 e. The molecule has 1 amide bonds. The lowest BCUT2D eigenvalue weighted by atomic mass is 10.0. The van der Waals surface area contributed by atoms with E-state index in [1.165, 1.54) is 0 Å². The first-order valence-electron chi connectivity index (χ1n) is 6.28. The second-order valence-corrected chi connectivity index (χ2v) is 4.72. The average molecular weight is 248 g/mol. The molecule has 0 saturated carbocycles. The van der Waals surface area contributed by atoms with Gasteiger partial charge in [-0.15, -0.1) is 0 Å². The Morgan fingerprint density at radius 1 is 1.39 bits per heavy atom. The van der Waals surface area contributed by atoms with E-state index in [1.54, 1.807) is 7.11 Å². The highest BCUT2D eigenvalue weighted by atomic mass is 16.5. The number of carbonyl (C=O) groups excluding carboxylic acids is 1. The van der Waals surface area contributed by atoms with Gasteiger partial charge in [-0.1, -0.05) is 0 Å². The van der Waals surface area contributed by atoms with Crippen molar-refractivity contribution in [2.75, 3.05) is 25.6 Å². The molecule has 0 bridgehead atoms. The Balaban J connectivity index is 2.18. The maximum absolute atomic E-state index is 12.1. The van der Waals surface area contributed by atoms with Gasteiger partial charge in [-0.2, -0.15) is 0 Å². The molecule has 0 radical (unpaired) electrons. The summed E-state index contributed by atoms with van der Waals surface area (Å²) in [5, 5.41) is 3.15. The molecule has 1 N–H and O–H groups in total. The Morgan fingerprint density at radius 3 is 2.61 bits per heavy atom. The van der Waals surface area contributed by atoms with Crippen molar-refractivity contribution in [1.29, 1.82) is 0 Å². The van der Waals surface area contributed by atoms with E-state index >= 15 is 0 Å². The fraction of sp³-hybridized carbons (Fsp3) is 0.500. The molecule has 2 rings (SSSR count). The van der Waals surface area contributed by atoms with E-state index in [1.807, 2.05) is 36.2 Å². The molecule has 4 nitrogen and oxygen atoms in total. The van der Waals surface area contributed by atoms with Crippen LogP contribution < -0.4 is 15.0 Å². The molecule has 1 saturated heterocycles. The number of hydrogen-bond donors (Lipinski definition) is 1. The lowest BCUT2D eigenvalue weighted by Crippen LogP contribution is -2.35. The molecule has 0 aliphatic carbocycles. The number of ether oxygens (including phenoxy) is 1. The van der Waals surface area contributed by atoms with Crippen LogP contribution in [-0.4, -0.2) is 32.7 Å². The Labute approximate surface area is 108 Å². The van der Waals surface area contributed by atoms with Gasteiger partial charge in [0.25, 0.3) is 0 Å². The largest absolute Gasteiger partial charge is 0.497 e. The SMILES string of the molecule is CNCC1CC(=O)N(c2ccc(OC)cc2)C1C. The molecular weight excluding hydrogens is 228 g/mol. The molecule has 0 spiro atoms. The topological polar surface area (TPSA) is 41.6 Å². The number of carbonyl (C=O) groups is 1. The van der Waals surface area contributed by atoms with Gasteiger partial charge >= 0.3 is 0 Å². The Hall–Kier alpha value is -1.55. The van der Waals surface area contributed by atoms with Crippen molar-refractivity contribution < 1.29 is 9.53 Å². The number of nitrogens with zero attached hydrogens (tertiary/aromatic N) is 1. The summed E-state index contributed by atoms with van der Waals surface area (Å²) in [4.78, 5) is 14.0. The number of benzene rings is 1. The maximum atomic E-state index is 12.1. The van der Waals surface area contributed by atoms with Crippen LogP contribution >= 0.6 is 0 Å². The van der Waals surface area contributed by atoms with Crippen molar-refractivity contribution in [2.24, 2.45) is 5.92 Å². The predicted octanol–water partition coefficient (Wildman–Crippen LogP) is 1.66. The standard InChI is InChI=1S/C14H20N2O2/c1-10-11(9-15-2)8-14(17)16(10)12-4-6-13(18-3)7-5-12/h4-7,10-11,15H,8-9H2,1-3H3. The lowest BCUT2D eigenvalue weighted by molar-refractivity contribution is -0.117. The summed E-state index contributed by atoms with van der Waals surface area (Å²) in [6, 6.07) is 7.89. The van der Waals surface area contributed by atoms with Crippen LogP contribution in [-0.2, 0) is 4.79 Å². The zero-order valence-corrected chi connectivity index (χ0v) is 11.1. The molecule has 1 heterocycles. The number of amides is 1. The van der Waals surface area contributed by atoms with Crippen LogP contribution in [0.25, 0.3) is 0 Å². The molecule has 1 aromatic rings. The second kappa shape index (κ2) is 5.40. The van der Waals surface area contributed by atoms with Gasteiger partial charge in [-0.3, -0.25) is 4.79 Å². The molecule has 1 aliphatic heterocycles. The second-order valence-electron chi connectivity index (χ2n) is 4.72. The van der Waals surface area contributed by atoms with Gasteiger partial charge in [0.15, 0.2) is 0 Å². The third kappa shape index (κ3) is 2.34. The first kappa shape index (κ1) is 12.9. The molecule has 1 fully saturated rings. The monoisotopic (exact) mass is 248 g/mol. The zero-order chi connectivity index (χ0) is 13.1. The molecule has 4 heteroatoms. The van der Waals surface area contributed by atoms with Crippen LogP contribution in [0, 0.1) is 5.92 Å². The van der Waals surface area contributed by atoms with Crippen molar-refractivity contribution in [3.63, 3.8) is 0 Å². The van der Waals surface area contributed by atoms with E-state index in [0.717, 1.165) is 18.0 Å². The van der Waals surface area contributed by atoms with Crippen LogP contribution in [0.3, 0.4) is 0 Å². The first-order valence-corrected chi connectivity index (χ1v) is 6.28. The molecule has 2 unspecified atom stereocenters. The summed E-state index contributed by atoms with van der Waals surface area (Å²) in [6.45, 7) is 2.98. The maximum Gasteiger partial charge on any atom is 0.227 e. The summed E-state index contributed by atoms with van der Waals surface area (Å²) in [7, 11) is 3.56. The molecule has 98 valence electrons. The van der Waals surface area contributed by atoms with Gasteiger partial charge in [0.05, 0.1) is 7.11 Å². The molecule has 1 aromatic carbocycles. The van der Waals surface area contributed by atoms with Gasteiger partial charge in [0.1, 0.15) is 5.75 Å². The third-order valence-corrected chi connectivity index (χ3v) is 3.61. The highest BCUT2D eigenvalue weighted by molar-refractivity contribution is 5.96. The van der Waals surface area contributed by atoms with Crippen LogP contribution in [0.15, 0.2) is 24.3 Å². The number of anilines is 1. The average Bonchev–Trinajstić information content (AvgIpc) is 2.65. The van der Waals surface area contributed by atoms with E-state index in [-0.39, 0.29) is 11.9 Å². The van der Waals surface area contributed by atoms with Crippen molar-refractivity contribution in [3.8, 4) is 5.75 Å². The highest BCUT2D eigenvalue weighted by Crippen LogP contribution is 2.31. The number of methoxy groups -OCH3 is 1. The number of rotatable bonds is 4. The minimum absolute atomic E-state index is 0.202. The summed E-state index contributed by atoms with van der Waals surface area (Å²) in [5.41, 5.74) is 0.951. The van der Waals surface area contributed by atoms with Crippen LogP contribution in [0.1, 0.15) is 13.3 Å². The van der Waals surface area contributed by atoms with Crippen molar-refractivity contribution in [1.82, 2.24) is 5.32 Å². The number of nitrogens with one attached hydrogen (secondary N) is 1. The van der Waals surface area contributed by atoms with Gasteiger partial charge in [-0.25, -0.2) is 0 Å². The summed E-state index contributed by atoms with van der Waals surface area (Å²) < 4.78 is 5.13. The van der Waals surface area contributed by atoms with E-state index < -0.39 is 0 Å². The van der Waals surface area contributed by atoms with Crippen LogP contribution in [0.2, 0.25) is 0 Å². The lowest BCUT2D eigenvalue weighted by Gasteiger charge is -2.25. The molecule has 2 atom stereocenters. The minimum Gasteiger partial charge on any atom is -0.497 e. The number of hydrogen-bond acceptors (Lipinski definition) is 3. The van der Waals surface area contributed by atoms with E-state index in [4.69, 9.17) is 4.74 Å². The Kier molecular flexibility index (Phi) is 3.87. The normalized spacial score (nSPS) is 23.5. The predicted molar refractivity (Wildman–Crippen MR) is 72.0 cm³/mol. The quantitative estimate of drug-likeness (QED) is 0.881. The van der Waals surface area contributed by atoms with Crippen LogP contribution in [0.5, 0.6) is 5.75 Å². The van der Waals surface area contributed by atoms with E-state index in [0.29, 0.717) is 12.3 Å². The first-order chi connectivity index (χ1) is 8.67. The molecule has 18 heavy (non-hydrogen) atoms. The van der Waals surface area contributed by atoms with Crippen molar-refractivity contribution in [2.45, 2.75) is 19.4 Å². The zero-order valence-electron chi connectivity index (χ0n) is 11.1.